The summed E-state index contributed by atoms with van der Waals surface area (Å²) in [6.45, 7) is 3.30. The lowest BCUT2D eigenvalue weighted by atomic mass is 10.2. The highest BCUT2D eigenvalue weighted by molar-refractivity contribution is 5.96. The molecule has 0 aromatic carbocycles. The van der Waals surface area contributed by atoms with Crippen LogP contribution in [-0.2, 0) is 9.59 Å². The van der Waals surface area contributed by atoms with Gasteiger partial charge in [0, 0.05) is 0 Å². The Morgan fingerprint density at radius 2 is 1.07 bits per heavy atom. The number of hydrogen-bond donors (Lipinski definition) is 6. The molecule has 8 heteroatoms. The molecule has 2 amide bonds. The van der Waals surface area contributed by atoms with Crippen molar-refractivity contribution in [2.75, 3.05) is 0 Å². The Kier molecular flexibility index (Phi) is 9.14. The quantitative estimate of drug-likeness (QED) is 0.225. The van der Waals surface area contributed by atoms with Crippen molar-refractivity contribution < 1.29 is 30.6 Å². The Morgan fingerprint density at radius 3 is 1.29 bits per heavy atom. The molecule has 1 aliphatic heterocycles. The molecule has 0 radical (unpaired) electrons. The summed E-state index contributed by atoms with van der Waals surface area (Å²) in [4.78, 5) is 21.6. The lowest BCUT2D eigenvalue weighted by Crippen LogP contribution is -2.59. The Hall–Kier alpha value is -1.22. The van der Waals surface area contributed by atoms with Crippen LogP contribution in [0.4, 0.5) is 0 Å². The van der Waals surface area contributed by atoms with Gasteiger partial charge in [0.15, 0.2) is 0 Å². The van der Waals surface area contributed by atoms with Crippen LogP contribution < -0.4 is 10.6 Å². The van der Waals surface area contributed by atoms with Gasteiger partial charge in [-0.1, -0.05) is 0 Å². The summed E-state index contributed by atoms with van der Waals surface area (Å²) in [6.07, 6.45) is 0. The Morgan fingerprint density at radius 1 is 0.857 bits per heavy atom. The van der Waals surface area contributed by atoms with Crippen molar-refractivity contribution in [3.8, 4) is 0 Å². The number of carbonyl (C=O) groups excluding carboxylic acids is 2. The maximum Gasteiger partial charge on any atom is 0.242 e. The average Bonchev–Trinajstić information content (AvgIpc) is 2.21. The standard InChI is InChI=1S/C6H10N2O2.2H2O2/c1-3-5(9)8-4(2)6(10)7-3;2*1-2/h3-4H,1-2H3,(H,7,10)(H,8,9);2*1-2H/t3-,4-;;/m1../s1. The van der Waals surface area contributed by atoms with E-state index in [1.165, 1.54) is 0 Å². The third kappa shape index (κ3) is 4.72. The smallest absolute Gasteiger partial charge is 0.242 e. The zero-order chi connectivity index (χ0) is 11.7. The molecule has 6 N–H and O–H groups in total. The van der Waals surface area contributed by atoms with Crippen LogP contribution in [0.25, 0.3) is 0 Å². The second-order valence-corrected chi connectivity index (χ2v) is 2.46. The van der Waals surface area contributed by atoms with Crippen LogP contribution in [0.1, 0.15) is 13.8 Å². The molecule has 1 saturated heterocycles. The summed E-state index contributed by atoms with van der Waals surface area (Å²) < 4.78 is 0. The third-order valence-electron chi connectivity index (χ3n) is 1.50. The fourth-order valence-electron chi connectivity index (χ4n) is 0.808. The summed E-state index contributed by atoms with van der Waals surface area (Å²) in [5.74, 6) is -0.237. The van der Waals surface area contributed by atoms with Gasteiger partial charge in [-0.25, -0.2) is 0 Å². The summed E-state index contributed by atoms with van der Waals surface area (Å²) in [7, 11) is 0. The van der Waals surface area contributed by atoms with Crippen LogP contribution in [0.5, 0.6) is 0 Å². The van der Waals surface area contributed by atoms with Crippen LogP contribution in [0, 0.1) is 0 Å². The number of carbonyl (C=O) groups is 2. The summed E-state index contributed by atoms with van der Waals surface area (Å²) in [6, 6.07) is -0.771. The maximum absolute atomic E-state index is 10.8. The van der Waals surface area contributed by atoms with Crippen LogP contribution in [-0.4, -0.2) is 44.9 Å². The molecule has 2 atom stereocenters. The van der Waals surface area contributed by atoms with E-state index in [-0.39, 0.29) is 23.9 Å². The minimum absolute atomic E-state index is 0.118. The molecule has 14 heavy (non-hydrogen) atoms. The predicted octanol–water partition coefficient (Wildman–Crippen LogP) is -0.956. The molecule has 1 heterocycles. The molecule has 1 rings (SSSR count). The fraction of sp³-hybridized carbons (Fsp3) is 0.667. The van der Waals surface area contributed by atoms with E-state index >= 15 is 0 Å². The van der Waals surface area contributed by atoms with Crippen molar-refractivity contribution in [3.63, 3.8) is 0 Å². The number of piperazine rings is 1. The molecule has 0 unspecified atom stereocenters. The number of amides is 2. The number of rotatable bonds is 0. The van der Waals surface area contributed by atoms with E-state index in [2.05, 4.69) is 10.6 Å². The normalized spacial score (nSPS) is 24.4. The van der Waals surface area contributed by atoms with Gasteiger partial charge >= 0.3 is 0 Å². The predicted molar refractivity (Wildman–Crippen MR) is 45.7 cm³/mol. The molecule has 84 valence electrons. The van der Waals surface area contributed by atoms with Crippen molar-refractivity contribution in [2.24, 2.45) is 0 Å². The molecule has 0 aliphatic carbocycles. The second kappa shape index (κ2) is 8.38. The van der Waals surface area contributed by atoms with Crippen LogP contribution >= 0.6 is 0 Å². The van der Waals surface area contributed by atoms with Crippen molar-refractivity contribution in [3.05, 3.63) is 0 Å². The maximum atomic E-state index is 10.8. The zero-order valence-electron chi connectivity index (χ0n) is 7.76. The first kappa shape index (κ1) is 15.3. The molecule has 0 aromatic heterocycles. The lowest BCUT2D eigenvalue weighted by molar-refractivity contribution is -0.176. The SMILES string of the molecule is C[C@H]1NC(=O)[C@@H](C)NC1=O.OO.OO. The van der Waals surface area contributed by atoms with E-state index in [0.717, 1.165) is 0 Å². The van der Waals surface area contributed by atoms with Crippen LogP contribution in [0.15, 0.2) is 0 Å². The fourth-order valence-corrected chi connectivity index (χ4v) is 0.808. The van der Waals surface area contributed by atoms with E-state index in [4.69, 9.17) is 21.0 Å². The van der Waals surface area contributed by atoms with Crippen molar-refractivity contribution >= 4 is 11.8 Å². The van der Waals surface area contributed by atoms with Gasteiger partial charge in [0.2, 0.25) is 11.8 Å². The summed E-state index contributed by atoms with van der Waals surface area (Å²) >= 11 is 0. The molecule has 0 spiro atoms. The van der Waals surface area contributed by atoms with E-state index < -0.39 is 0 Å². The van der Waals surface area contributed by atoms with Gasteiger partial charge in [0.25, 0.3) is 0 Å². The highest BCUT2D eigenvalue weighted by Crippen LogP contribution is 1.94. The Balaban J connectivity index is 0. The highest BCUT2D eigenvalue weighted by Gasteiger charge is 2.26. The molecular formula is C6H14N2O6. The molecule has 8 nitrogen and oxygen atoms in total. The summed E-state index contributed by atoms with van der Waals surface area (Å²) in [5, 5.41) is 29.1. The molecule has 1 fully saturated rings. The van der Waals surface area contributed by atoms with Gasteiger partial charge in [-0.2, -0.15) is 0 Å². The first-order valence-electron chi connectivity index (χ1n) is 3.62. The van der Waals surface area contributed by atoms with Gasteiger partial charge in [0.1, 0.15) is 12.1 Å². The first-order chi connectivity index (χ1) is 6.61. The number of nitrogens with one attached hydrogen (secondary N) is 2. The van der Waals surface area contributed by atoms with E-state index in [0.29, 0.717) is 0 Å². The largest absolute Gasteiger partial charge is 0.343 e. The molecule has 0 aromatic rings. The lowest BCUT2D eigenvalue weighted by Gasteiger charge is -2.24. The van der Waals surface area contributed by atoms with E-state index in [1.54, 1.807) is 13.8 Å². The second-order valence-electron chi connectivity index (χ2n) is 2.46. The van der Waals surface area contributed by atoms with E-state index in [9.17, 15) is 9.59 Å². The Labute approximate surface area is 80.0 Å². The summed E-state index contributed by atoms with van der Waals surface area (Å²) in [5.41, 5.74) is 0. The minimum Gasteiger partial charge on any atom is -0.343 e. The number of hydrogen-bond acceptors (Lipinski definition) is 6. The van der Waals surface area contributed by atoms with Gasteiger partial charge in [-0.05, 0) is 13.8 Å². The molecule has 0 saturated carbocycles. The Bertz CT molecular complexity index is 165. The third-order valence-corrected chi connectivity index (χ3v) is 1.50. The monoisotopic (exact) mass is 210 g/mol. The zero-order valence-corrected chi connectivity index (χ0v) is 7.76. The van der Waals surface area contributed by atoms with Gasteiger partial charge in [0.05, 0.1) is 0 Å². The van der Waals surface area contributed by atoms with Crippen LogP contribution in [0.3, 0.4) is 0 Å². The molecular weight excluding hydrogens is 196 g/mol. The van der Waals surface area contributed by atoms with Crippen molar-refractivity contribution in [1.82, 2.24) is 10.6 Å². The topological polar surface area (TPSA) is 139 Å². The highest BCUT2D eigenvalue weighted by atomic mass is 17.0. The first-order valence-corrected chi connectivity index (χ1v) is 3.62. The molecule has 1 aliphatic rings. The van der Waals surface area contributed by atoms with Gasteiger partial charge < -0.3 is 10.6 Å². The van der Waals surface area contributed by atoms with Gasteiger partial charge in [-0.3, -0.25) is 30.6 Å². The minimum atomic E-state index is -0.385. The average molecular weight is 210 g/mol. The van der Waals surface area contributed by atoms with E-state index in [1.807, 2.05) is 0 Å². The van der Waals surface area contributed by atoms with Gasteiger partial charge in [-0.15, -0.1) is 0 Å². The molecule has 0 bridgehead atoms. The van der Waals surface area contributed by atoms with Crippen LogP contribution in [0.2, 0.25) is 0 Å². The van der Waals surface area contributed by atoms with Crippen molar-refractivity contribution in [1.29, 1.82) is 0 Å². The van der Waals surface area contributed by atoms with Crippen molar-refractivity contribution in [2.45, 2.75) is 25.9 Å².